The predicted octanol–water partition coefficient (Wildman–Crippen LogP) is 4.71. The number of ether oxygens (including phenoxy) is 2. The van der Waals surface area contributed by atoms with Gasteiger partial charge in [-0.3, -0.25) is 4.79 Å². The average Bonchev–Trinajstić information content (AvgIpc) is 3.74. The zero-order chi connectivity index (χ0) is 41.1. The van der Waals surface area contributed by atoms with Crippen molar-refractivity contribution >= 4 is 28.0 Å². The van der Waals surface area contributed by atoms with E-state index in [1.165, 1.54) is 33.1 Å². The number of hydrogen-bond acceptors (Lipinski definition) is 11. The van der Waals surface area contributed by atoms with Crippen LogP contribution in [0.25, 0.3) is 0 Å². The first kappa shape index (κ1) is 41.4. The number of benzene rings is 1. The number of rotatable bonds is 10. The van der Waals surface area contributed by atoms with Gasteiger partial charge >= 0.3 is 6.09 Å². The Morgan fingerprint density at radius 3 is 2.25 bits per heavy atom. The minimum Gasteiger partial charge on any atom is -0.444 e. The second kappa shape index (κ2) is 15.5. The van der Waals surface area contributed by atoms with E-state index in [9.17, 15) is 22.4 Å². The summed E-state index contributed by atoms with van der Waals surface area (Å²) in [6, 6.07) is 3.09. The van der Waals surface area contributed by atoms with Crippen LogP contribution in [-0.4, -0.2) is 153 Å². The highest BCUT2D eigenvalue weighted by Crippen LogP contribution is 2.45. The third-order valence-corrected chi connectivity index (χ3v) is 14.2. The van der Waals surface area contributed by atoms with E-state index in [0.717, 1.165) is 25.9 Å². The maximum absolute atomic E-state index is 16.3. The zero-order valence-electron chi connectivity index (χ0n) is 34.2. The Morgan fingerprint density at radius 1 is 0.982 bits per heavy atom. The normalized spacial score (nSPS) is 24.0. The van der Waals surface area contributed by atoms with E-state index < -0.39 is 33.4 Å². The van der Waals surface area contributed by atoms with Crippen LogP contribution in [0.15, 0.2) is 24.5 Å². The fourth-order valence-corrected chi connectivity index (χ4v) is 11.1. The standard InChI is InChI=1S/C39H57F2N9O6S/c1-26(2)50(27(3)4)35(51)31-18-28(40)8-9-32(31)55-34-33(42-25-43-44-34)46-22-38(23-46)10-14-45(15-11-38)24-39(41)12-16-47(17-13-39)57(53,54)49-21-29-19-30(49)20-48(29)36(52)56-37(5,6)7/h8-9,18,25-27,29-30H,10-17,19-24H2,1-7H3/t29-,30-/m0/s1. The Bertz CT molecular complexity index is 1920. The fourth-order valence-electron chi connectivity index (χ4n) is 9.31. The van der Waals surface area contributed by atoms with E-state index in [1.54, 1.807) is 9.80 Å². The monoisotopic (exact) mass is 817 g/mol. The predicted molar refractivity (Wildman–Crippen MR) is 208 cm³/mol. The van der Waals surface area contributed by atoms with Gasteiger partial charge in [0.1, 0.15) is 29.2 Å². The SMILES string of the molecule is CC(C)N(C(=O)c1cc(F)ccc1Oc1nncnc1N1CC2(CCN(CC3(F)CCN(S(=O)(=O)N4C[C@@H]5C[C@H]4CN5C(=O)OC(C)(C)C)CC3)CC2)C1)C(C)C. The van der Waals surface area contributed by atoms with Crippen LogP contribution in [0.1, 0.15) is 90.9 Å². The largest absolute Gasteiger partial charge is 0.444 e. The van der Waals surface area contributed by atoms with E-state index in [0.29, 0.717) is 31.9 Å². The summed E-state index contributed by atoms with van der Waals surface area (Å²) in [5.41, 5.74) is -2.01. The lowest BCUT2D eigenvalue weighted by atomic mass is 9.72. The number of alkyl halides is 1. The third-order valence-electron chi connectivity index (χ3n) is 12.1. The molecule has 5 aliphatic rings. The highest BCUT2D eigenvalue weighted by atomic mass is 32.2. The number of anilines is 1. The van der Waals surface area contributed by atoms with Crippen molar-refractivity contribution in [3.8, 4) is 11.6 Å². The lowest BCUT2D eigenvalue weighted by Gasteiger charge is -2.55. The molecule has 5 aliphatic heterocycles. The molecule has 0 unspecified atom stereocenters. The molecule has 2 atom stereocenters. The molecule has 0 radical (unpaired) electrons. The molecule has 2 amide bonds. The Kier molecular flexibility index (Phi) is 11.2. The number of piperidine rings is 2. The summed E-state index contributed by atoms with van der Waals surface area (Å²) < 4.78 is 72.7. The summed E-state index contributed by atoms with van der Waals surface area (Å²) in [6.45, 7) is 16.9. The second-order valence-electron chi connectivity index (χ2n) is 18.2. The van der Waals surface area contributed by atoms with Crippen molar-refractivity contribution in [3.05, 3.63) is 35.9 Å². The van der Waals surface area contributed by atoms with Crippen molar-refractivity contribution in [1.82, 2.24) is 38.5 Å². The van der Waals surface area contributed by atoms with Crippen LogP contribution < -0.4 is 9.64 Å². The number of nitrogens with zero attached hydrogens (tertiary/aromatic N) is 9. The van der Waals surface area contributed by atoms with Gasteiger partial charge in [-0.15, -0.1) is 10.2 Å². The molecular formula is C39H57F2N9O6S. The third kappa shape index (κ3) is 8.55. The molecule has 1 spiro atoms. The molecule has 7 rings (SSSR count). The number of likely N-dealkylation sites (tertiary alicyclic amines) is 2. The van der Waals surface area contributed by atoms with Gasteiger partial charge in [0, 0.05) is 69.4 Å². The summed E-state index contributed by atoms with van der Waals surface area (Å²) >= 11 is 0. The average molecular weight is 818 g/mol. The van der Waals surface area contributed by atoms with Crippen LogP contribution >= 0.6 is 0 Å². The molecule has 0 N–H and O–H groups in total. The molecule has 5 fully saturated rings. The smallest absolute Gasteiger partial charge is 0.410 e. The van der Waals surface area contributed by atoms with Gasteiger partial charge in [0.15, 0.2) is 5.82 Å². The summed E-state index contributed by atoms with van der Waals surface area (Å²) in [5, 5.41) is 8.12. The lowest BCUT2D eigenvalue weighted by Crippen LogP contribution is -2.62. The van der Waals surface area contributed by atoms with Crippen LogP contribution in [0.5, 0.6) is 11.6 Å². The van der Waals surface area contributed by atoms with Crippen LogP contribution in [0, 0.1) is 11.2 Å². The molecule has 1 aromatic heterocycles. The lowest BCUT2D eigenvalue weighted by molar-refractivity contribution is 0.00712. The number of carbonyl (C=O) groups is 2. The van der Waals surface area contributed by atoms with Gasteiger partial charge in [-0.2, -0.15) is 17.0 Å². The van der Waals surface area contributed by atoms with E-state index in [4.69, 9.17) is 9.47 Å². The van der Waals surface area contributed by atoms with Gasteiger partial charge in [0.25, 0.3) is 22.0 Å². The van der Waals surface area contributed by atoms with Gasteiger partial charge < -0.3 is 29.1 Å². The molecule has 314 valence electrons. The number of hydrogen-bond donors (Lipinski definition) is 0. The Morgan fingerprint density at radius 2 is 1.65 bits per heavy atom. The molecule has 57 heavy (non-hydrogen) atoms. The number of halogens is 2. The topological polar surface area (TPSA) is 145 Å². The molecule has 18 heteroatoms. The maximum Gasteiger partial charge on any atom is 0.410 e. The van der Waals surface area contributed by atoms with Gasteiger partial charge in [-0.1, -0.05) is 0 Å². The summed E-state index contributed by atoms with van der Waals surface area (Å²) in [7, 11) is -3.79. The highest BCUT2D eigenvalue weighted by Gasteiger charge is 2.53. The van der Waals surface area contributed by atoms with E-state index >= 15 is 4.39 Å². The molecule has 1 aromatic carbocycles. The Hall–Kier alpha value is -3.74. The first-order valence-corrected chi connectivity index (χ1v) is 21.6. The van der Waals surface area contributed by atoms with Crippen molar-refractivity contribution in [2.24, 2.45) is 5.41 Å². The first-order valence-electron chi connectivity index (χ1n) is 20.2. The van der Waals surface area contributed by atoms with E-state index in [2.05, 4.69) is 25.0 Å². The molecule has 2 bridgehead atoms. The second-order valence-corrected chi connectivity index (χ2v) is 20.0. The first-order chi connectivity index (χ1) is 26.8. The minimum absolute atomic E-state index is 0.0137. The van der Waals surface area contributed by atoms with Crippen LogP contribution in [0.2, 0.25) is 0 Å². The molecule has 2 aromatic rings. The highest BCUT2D eigenvalue weighted by molar-refractivity contribution is 7.86. The van der Waals surface area contributed by atoms with Crippen LogP contribution in [0.4, 0.5) is 19.4 Å². The Balaban J connectivity index is 0.901. The fraction of sp³-hybridized carbons (Fsp3) is 0.718. The molecule has 0 saturated carbocycles. The minimum atomic E-state index is -3.79. The van der Waals surface area contributed by atoms with E-state index in [1.807, 2.05) is 48.5 Å². The van der Waals surface area contributed by atoms with Crippen molar-refractivity contribution in [3.63, 3.8) is 0 Å². The molecule has 15 nitrogen and oxygen atoms in total. The van der Waals surface area contributed by atoms with Crippen molar-refractivity contribution < 1.29 is 36.3 Å². The molecule has 5 saturated heterocycles. The summed E-state index contributed by atoms with van der Waals surface area (Å²) in [4.78, 5) is 38.3. The maximum atomic E-state index is 16.3. The van der Waals surface area contributed by atoms with E-state index in [-0.39, 0.29) is 91.7 Å². The summed E-state index contributed by atoms with van der Waals surface area (Å²) in [6.07, 6.45) is 3.50. The van der Waals surface area contributed by atoms with Gasteiger partial charge in [-0.25, -0.2) is 18.6 Å². The van der Waals surface area contributed by atoms with Crippen LogP contribution in [-0.2, 0) is 14.9 Å². The number of fused-ring (bicyclic) bond motifs is 2. The van der Waals surface area contributed by atoms with Gasteiger partial charge in [0.05, 0.1) is 11.6 Å². The van der Waals surface area contributed by atoms with Crippen molar-refractivity contribution in [2.45, 2.75) is 116 Å². The quantitative estimate of drug-likeness (QED) is 0.329. The summed E-state index contributed by atoms with van der Waals surface area (Å²) in [5.74, 6) is -0.131. The van der Waals surface area contributed by atoms with Crippen molar-refractivity contribution in [2.75, 3.05) is 63.8 Å². The van der Waals surface area contributed by atoms with Gasteiger partial charge in [0.2, 0.25) is 0 Å². The van der Waals surface area contributed by atoms with Gasteiger partial charge in [-0.05, 0) is 112 Å². The molecule has 6 heterocycles. The molecular weight excluding hydrogens is 761 g/mol. The number of carbonyl (C=O) groups excluding carboxylic acids is 2. The number of amides is 2. The Labute approximate surface area is 334 Å². The van der Waals surface area contributed by atoms with Crippen molar-refractivity contribution in [1.29, 1.82) is 0 Å². The number of piperazine rings is 1. The number of aromatic nitrogens is 3. The molecule has 0 aliphatic carbocycles. The zero-order valence-corrected chi connectivity index (χ0v) is 35.0. The van der Waals surface area contributed by atoms with Crippen LogP contribution in [0.3, 0.4) is 0 Å².